The largest absolute Gasteiger partial charge is 0.192 e. The first kappa shape index (κ1) is 11.5. The van der Waals surface area contributed by atoms with Gasteiger partial charge in [0.25, 0.3) is 0 Å². The average Bonchev–Trinajstić information content (AvgIpc) is 2.91. The lowest BCUT2D eigenvalue weighted by Gasteiger charge is -2.23. The van der Waals surface area contributed by atoms with Gasteiger partial charge in [-0.2, -0.15) is 5.26 Å². The molecule has 0 N–H and O–H groups in total. The number of nitrogens with zero attached hydrogens (tertiary/aromatic N) is 1. The molecule has 0 atom stereocenters. The quantitative estimate of drug-likeness (QED) is 0.740. The van der Waals surface area contributed by atoms with E-state index in [2.05, 4.69) is 31.2 Å². The highest BCUT2D eigenvalue weighted by molar-refractivity contribution is 5.53. The summed E-state index contributed by atoms with van der Waals surface area (Å²) in [6.07, 6.45) is 11.5. The number of hydrogen-bond acceptors (Lipinski definition) is 1. The van der Waals surface area contributed by atoms with Crippen LogP contribution >= 0.6 is 0 Å². The SMILES string of the molecule is CC12CCC(/C=C/c3cccc(C#N)c3)(CC1)C2. The molecule has 0 aliphatic heterocycles. The molecular formula is C17H19N. The number of benzene rings is 1. The molecule has 1 aromatic rings. The van der Waals surface area contributed by atoms with Gasteiger partial charge in [-0.05, 0) is 60.6 Å². The lowest BCUT2D eigenvalue weighted by atomic mass is 9.82. The van der Waals surface area contributed by atoms with Crippen molar-refractivity contribution in [2.45, 2.75) is 39.0 Å². The van der Waals surface area contributed by atoms with Gasteiger partial charge in [-0.25, -0.2) is 0 Å². The third-order valence-electron chi connectivity index (χ3n) is 4.88. The smallest absolute Gasteiger partial charge is 0.0991 e. The van der Waals surface area contributed by atoms with E-state index in [-0.39, 0.29) is 0 Å². The van der Waals surface area contributed by atoms with Crippen molar-refractivity contribution in [3.05, 3.63) is 41.5 Å². The summed E-state index contributed by atoms with van der Waals surface area (Å²) in [5.74, 6) is 0. The number of nitriles is 1. The van der Waals surface area contributed by atoms with E-state index in [1.165, 1.54) is 32.1 Å². The normalized spacial score (nSPS) is 34.0. The summed E-state index contributed by atoms with van der Waals surface area (Å²) in [4.78, 5) is 0. The molecule has 3 rings (SSSR count). The van der Waals surface area contributed by atoms with E-state index >= 15 is 0 Å². The van der Waals surface area contributed by atoms with Gasteiger partial charge in [0.15, 0.2) is 0 Å². The van der Waals surface area contributed by atoms with Gasteiger partial charge in [-0.15, -0.1) is 0 Å². The highest BCUT2D eigenvalue weighted by Gasteiger charge is 2.49. The number of allylic oxidation sites excluding steroid dienone is 1. The summed E-state index contributed by atoms with van der Waals surface area (Å²) in [6, 6.07) is 10.1. The molecule has 0 saturated heterocycles. The molecule has 2 aliphatic rings. The second-order valence-corrected chi connectivity index (χ2v) is 6.42. The van der Waals surface area contributed by atoms with Crippen molar-refractivity contribution in [3.8, 4) is 6.07 Å². The summed E-state index contributed by atoms with van der Waals surface area (Å²) in [7, 11) is 0. The number of hydrogen-bond donors (Lipinski definition) is 0. The highest BCUT2D eigenvalue weighted by atomic mass is 14.5. The molecule has 0 spiro atoms. The highest BCUT2D eigenvalue weighted by Crippen LogP contribution is 2.62. The fourth-order valence-electron chi connectivity index (χ4n) is 3.77. The van der Waals surface area contributed by atoms with Crippen LogP contribution in [0.15, 0.2) is 30.3 Å². The maximum atomic E-state index is 8.91. The minimum atomic E-state index is 0.456. The molecule has 0 heterocycles. The van der Waals surface area contributed by atoms with Crippen molar-refractivity contribution < 1.29 is 0 Å². The first-order valence-corrected chi connectivity index (χ1v) is 6.83. The van der Waals surface area contributed by atoms with E-state index in [1.807, 2.05) is 18.2 Å². The first-order chi connectivity index (χ1) is 8.63. The van der Waals surface area contributed by atoms with Crippen LogP contribution in [0.2, 0.25) is 0 Å². The molecule has 2 bridgehead atoms. The molecule has 18 heavy (non-hydrogen) atoms. The van der Waals surface area contributed by atoms with Gasteiger partial charge in [0.05, 0.1) is 11.6 Å². The second-order valence-electron chi connectivity index (χ2n) is 6.42. The summed E-state index contributed by atoms with van der Waals surface area (Å²) in [5.41, 5.74) is 2.97. The van der Waals surface area contributed by atoms with Crippen molar-refractivity contribution in [1.29, 1.82) is 5.26 Å². The predicted octanol–water partition coefficient (Wildman–Crippen LogP) is 4.54. The van der Waals surface area contributed by atoms with Crippen molar-refractivity contribution in [2.24, 2.45) is 10.8 Å². The Labute approximate surface area is 109 Å². The lowest BCUT2D eigenvalue weighted by Crippen LogP contribution is -2.10. The van der Waals surface area contributed by atoms with Crippen molar-refractivity contribution in [1.82, 2.24) is 0 Å². The molecule has 0 unspecified atom stereocenters. The van der Waals surface area contributed by atoms with Crippen LogP contribution in [0.4, 0.5) is 0 Å². The van der Waals surface area contributed by atoms with Crippen LogP contribution in [0.3, 0.4) is 0 Å². The van der Waals surface area contributed by atoms with Crippen molar-refractivity contribution in [2.75, 3.05) is 0 Å². The number of rotatable bonds is 2. The molecule has 0 radical (unpaired) electrons. The van der Waals surface area contributed by atoms with E-state index in [0.29, 0.717) is 10.8 Å². The molecular weight excluding hydrogens is 218 g/mol. The topological polar surface area (TPSA) is 23.8 Å². The van der Waals surface area contributed by atoms with Crippen molar-refractivity contribution in [3.63, 3.8) is 0 Å². The summed E-state index contributed by atoms with van der Waals surface area (Å²) >= 11 is 0. The third kappa shape index (κ3) is 1.97. The molecule has 2 saturated carbocycles. The van der Waals surface area contributed by atoms with Gasteiger partial charge < -0.3 is 0 Å². The zero-order chi connectivity index (χ0) is 12.6. The van der Waals surface area contributed by atoms with Gasteiger partial charge >= 0.3 is 0 Å². The Bertz CT molecular complexity index is 525. The molecule has 2 fully saturated rings. The number of fused-ring (bicyclic) bond motifs is 2. The Morgan fingerprint density at radius 2 is 2.00 bits per heavy atom. The third-order valence-corrected chi connectivity index (χ3v) is 4.88. The van der Waals surface area contributed by atoms with Crippen LogP contribution in [0, 0.1) is 22.2 Å². The van der Waals surface area contributed by atoms with E-state index in [9.17, 15) is 0 Å². The summed E-state index contributed by atoms with van der Waals surface area (Å²) in [5, 5.41) is 8.91. The Hall–Kier alpha value is -1.55. The summed E-state index contributed by atoms with van der Waals surface area (Å²) < 4.78 is 0. The predicted molar refractivity (Wildman–Crippen MR) is 73.8 cm³/mol. The van der Waals surface area contributed by atoms with Gasteiger partial charge in [-0.3, -0.25) is 0 Å². The monoisotopic (exact) mass is 237 g/mol. The first-order valence-electron chi connectivity index (χ1n) is 6.83. The van der Waals surface area contributed by atoms with E-state index in [0.717, 1.165) is 11.1 Å². The average molecular weight is 237 g/mol. The lowest BCUT2D eigenvalue weighted by molar-refractivity contribution is 0.323. The molecule has 92 valence electrons. The fraction of sp³-hybridized carbons (Fsp3) is 0.471. The second kappa shape index (κ2) is 3.99. The Kier molecular flexibility index (Phi) is 2.55. The zero-order valence-corrected chi connectivity index (χ0v) is 10.9. The molecule has 2 aliphatic carbocycles. The zero-order valence-electron chi connectivity index (χ0n) is 10.9. The fourth-order valence-corrected chi connectivity index (χ4v) is 3.77. The Balaban J connectivity index is 1.81. The van der Waals surface area contributed by atoms with Gasteiger partial charge in [0.2, 0.25) is 0 Å². The minimum Gasteiger partial charge on any atom is -0.192 e. The van der Waals surface area contributed by atoms with Crippen LogP contribution in [0.5, 0.6) is 0 Å². The van der Waals surface area contributed by atoms with Crippen LogP contribution in [0.25, 0.3) is 6.08 Å². The van der Waals surface area contributed by atoms with E-state index in [4.69, 9.17) is 5.26 Å². The van der Waals surface area contributed by atoms with Gasteiger partial charge in [0, 0.05) is 0 Å². The maximum absolute atomic E-state index is 8.91. The molecule has 0 amide bonds. The molecule has 1 aromatic carbocycles. The molecule has 1 nitrogen and oxygen atoms in total. The summed E-state index contributed by atoms with van der Waals surface area (Å²) in [6.45, 7) is 2.44. The Morgan fingerprint density at radius 3 is 2.61 bits per heavy atom. The van der Waals surface area contributed by atoms with Gasteiger partial charge in [-0.1, -0.05) is 31.2 Å². The maximum Gasteiger partial charge on any atom is 0.0991 e. The molecule has 1 heteroatoms. The Morgan fingerprint density at radius 1 is 1.22 bits per heavy atom. The van der Waals surface area contributed by atoms with Crippen LogP contribution in [-0.4, -0.2) is 0 Å². The van der Waals surface area contributed by atoms with E-state index in [1.54, 1.807) is 0 Å². The molecule has 0 aromatic heterocycles. The van der Waals surface area contributed by atoms with Crippen LogP contribution < -0.4 is 0 Å². The van der Waals surface area contributed by atoms with Crippen LogP contribution in [-0.2, 0) is 0 Å². The van der Waals surface area contributed by atoms with Crippen LogP contribution in [0.1, 0.15) is 50.2 Å². The standard InChI is InChI=1S/C17H19N/c1-16-7-9-17(13-16,10-8-16)6-5-14-3-2-4-15(11-14)12-18/h2-6,11H,7-10,13H2,1H3/b6-5+. The van der Waals surface area contributed by atoms with Gasteiger partial charge in [0.1, 0.15) is 0 Å². The van der Waals surface area contributed by atoms with E-state index < -0.39 is 0 Å². The van der Waals surface area contributed by atoms with Crippen molar-refractivity contribution >= 4 is 6.08 Å². The minimum absolute atomic E-state index is 0.456.